The predicted molar refractivity (Wildman–Crippen MR) is 73.3 cm³/mol. The number of nitrogens with zero attached hydrogens (tertiary/aromatic N) is 4. The lowest BCUT2D eigenvalue weighted by molar-refractivity contribution is -0.142. The first-order valence-corrected chi connectivity index (χ1v) is 6.56. The van der Waals surface area contributed by atoms with E-state index in [9.17, 15) is 13.2 Å². The molecule has 2 aromatic heterocycles. The number of halogens is 3. The summed E-state index contributed by atoms with van der Waals surface area (Å²) in [6, 6.07) is 1.57. The standard InChI is InChI=1S/C14H11F3N4O/c15-14(16,17)12-9(2-1-7-22)8-21(20-12)11-4-6-19-13-10(11)3-5-18-13/h3-4,6,8,22H,1-2,7H2. The van der Waals surface area contributed by atoms with Gasteiger partial charge in [0.15, 0.2) is 11.5 Å². The number of aliphatic imine (C=N–C) groups is 1. The van der Waals surface area contributed by atoms with Gasteiger partial charge in [-0.1, -0.05) is 0 Å². The lowest BCUT2D eigenvalue weighted by atomic mass is 10.1. The summed E-state index contributed by atoms with van der Waals surface area (Å²) in [6.07, 6.45) is 0.150. The molecule has 0 saturated heterocycles. The van der Waals surface area contributed by atoms with Crippen molar-refractivity contribution in [1.29, 1.82) is 0 Å². The lowest BCUT2D eigenvalue weighted by Crippen LogP contribution is -2.10. The maximum absolute atomic E-state index is 13.1. The van der Waals surface area contributed by atoms with Crippen LogP contribution in [0.1, 0.15) is 23.2 Å². The average Bonchev–Trinajstić information content (AvgIpc) is 3.10. The Bertz CT molecular complexity index is 773. The fourth-order valence-electron chi connectivity index (χ4n) is 2.26. The summed E-state index contributed by atoms with van der Waals surface area (Å²) in [5, 5.41) is 12.5. The smallest absolute Gasteiger partial charge is 0.396 e. The van der Waals surface area contributed by atoms with Crippen molar-refractivity contribution in [3.63, 3.8) is 0 Å². The largest absolute Gasteiger partial charge is 0.435 e. The van der Waals surface area contributed by atoms with Crippen LogP contribution in [0.2, 0.25) is 0 Å². The van der Waals surface area contributed by atoms with E-state index in [-0.39, 0.29) is 25.0 Å². The quantitative estimate of drug-likeness (QED) is 0.805. The fraction of sp³-hybridized carbons (Fsp3) is 0.286. The molecule has 0 saturated carbocycles. The molecule has 0 fully saturated rings. The topological polar surface area (TPSA) is 63.3 Å². The van der Waals surface area contributed by atoms with Gasteiger partial charge in [-0.2, -0.15) is 23.3 Å². The number of fused-ring (bicyclic) bond motifs is 1. The van der Waals surface area contributed by atoms with Gasteiger partial charge in [-0.25, -0.2) is 9.67 Å². The Morgan fingerprint density at radius 3 is 2.86 bits per heavy atom. The molecule has 22 heavy (non-hydrogen) atoms. The van der Waals surface area contributed by atoms with Crippen molar-refractivity contribution in [3.8, 4) is 5.69 Å². The molecule has 114 valence electrons. The second-order valence-electron chi connectivity index (χ2n) is 4.73. The second kappa shape index (κ2) is 5.40. The molecule has 3 heterocycles. The molecule has 0 aliphatic carbocycles. The SMILES string of the molecule is OCCCc1cn(-c2ccnc3c2C=C=N3)nc1C(F)(F)F. The molecule has 5 nitrogen and oxygen atoms in total. The van der Waals surface area contributed by atoms with Gasteiger partial charge < -0.3 is 5.11 Å². The predicted octanol–water partition coefficient (Wildman–Crippen LogP) is 2.54. The number of aliphatic hydroxyl groups excluding tert-OH is 1. The molecule has 0 aromatic carbocycles. The molecular formula is C14H11F3N4O. The number of aliphatic hydroxyl groups is 1. The van der Waals surface area contributed by atoms with E-state index in [2.05, 4.69) is 20.9 Å². The Morgan fingerprint density at radius 1 is 1.32 bits per heavy atom. The molecular weight excluding hydrogens is 297 g/mol. The molecule has 1 aliphatic heterocycles. The van der Waals surface area contributed by atoms with Crippen molar-refractivity contribution >= 4 is 17.8 Å². The summed E-state index contributed by atoms with van der Waals surface area (Å²) >= 11 is 0. The first kappa shape index (κ1) is 14.5. The van der Waals surface area contributed by atoms with Crippen LogP contribution >= 0.6 is 0 Å². The van der Waals surface area contributed by atoms with Crippen molar-refractivity contribution in [1.82, 2.24) is 14.8 Å². The maximum atomic E-state index is 13.1. The molecule has 0 unspecified atom stereocenters. The van der Waals surface area contributed by atoms with E-state index >= 15 is 0 Å². The third-order valence-electron chi connectivity index (χ3n) is 3.23. The van der Waals surface area contributed by atoms with E-state index in [0.29, 0.717) is 17.1 Å². The highest BCUT2D eigenvalue weighted by Gasteiger charge is 2.37. The van der Waals surface area contributed by atoms with Crippen LogP contribution in [0.3, 0.4) is 0 Å². The number of aromatic nitrogens is 3. The van der Waals surface area contributed by atoms with Crippen molar-refractivity contribution < 1.29 is 18.3 Å². The van der Waals surface area contributed by atoms with Crippen molar-refractivity contribution in [2.24, 2.45) is 4.99 Å². The molecule has 1 aliphatic rings. The summed E-state index contributed by atoms with van der Waals surface area (Å²) in [7, 11) is 0. The number of hydrogen-bond acceptors (Lipinski definition) is 4. The normalized spacial score (nSPS) is 12.9. The van der Waals surface area contributed by atoms with E-state index in [4.69, 9.17) is 5.11 Å². The van der Waals surface area contributed by atoms with Crippen LogP contribution in [-0.2, 0) is 12.6 Å². The Hall–Kier alpha value is -2.44. The summed E-state index contributed by atoms with van der Waals surface area (Å²) in [6.45, 7) is -0.177. The highest BCUT2D eigenvalue weighted by molar-refractivity contribution is 5.91. The number of rotatable bonds is 4. The van der Waals surface area contributed by atoms with E-state index in [1.165, 1.54) is 17.1 Å². The first-order chi connectivity index (χ1) is 10.5. The molecule has 0 atom stereocenters. The molecule has 0 amide bonds. The van der Waals surface area contributed by atoms with Gasteiger partial charge in [-0.05, 0) is 24.8 Å². The van der Waals surface area contributed by atoms with Crippen LogP contribution in [0.15, 0.2) is 23.5 Å². The van der Waals surface area contributed by atoms with Gasteiger partial charge in [0.1, 0.15) is 0 Å². The second-order valence-corrected chi connectivity index (χ2v) is 4.73. The van der Waals surface area contributed by atoms with Gasteiger partial charge in [-0.15, -0.1) is 0 Å². The summed E-state index contributed by atoms with van der Waals surface area (Å²) in [4.78, 5) is 7.92. The molecule has 2 aromatic rings. The minimum Gasteiger partial charge on any atom is -0.396 e. The van der Waals surface area contributed by atoms with Crippen molar-refractivity contribution in [3.05, 3.63) is 35.3 Å². The molecule has 0 radical (unpaired) electrons. The average molecular weight is 308 g/mol. The van der Waals surface area contributed by atoms with Gasteiger partial charge >= 0.3 is 6.18 Å². The van der Waals surface area contributed by atoms with E-state index < -0.39 is 11.9 Å². The summed E-state index contributed by atoms with van der Waals surface area (Å²) in [5.41, 5.74) is 0.149. The summed E-state index contributed by atoms with van der Waals surface area (Å²) < 4.78 is 40.4. The van der Waals surface area contributed by atoms with Gasteiger partial charge in [0, 0.05) is 30.6 Å². The highest BCUT2D eigenvalue weighted by Crippen LogP contribution is 2.33. The van der Waals surface area contributed by atoms with E-state index in [1.54, 1.807) is 12.1 Å². The molecule has 3 rings (SSSR count). The third kappa shape index (κ3) is 2.54. The molecule has 1 N–H and O–H groups in total. The Morgan fingerprint density at radius 2 is 2.14 bits per heavy atom. The van der Waals surface area contributed by atoms with Gasteiger partial charge in [0.05, 0.1) is 11.3 Å². The lowest BCUT2D eigenvalue weighted by Gasteiger charge is -2.06. The van der Waals surface area contributed by atoms with E-state index in [0.717, 1.165) is 0 Å². The van der Waals surface area contributed by atoms with Gasteiger partial charge in [-0.3, -0.25) is 0 Å². The monoisotopic (exact) mass is 308 g/mol. The van der Waals surface area contributed by atoms with Gasteiger partial charge in [0.2, 0.25) is 0 Å². The Balaban J connectivity index is 2.08. The van der Waals surface area contributed by atoms with Crippen molar-refractivity contribution in [2.45, 2.75) is 19.0 Å². The Kier molecular flexibility index (Phi) is 3.56. The fourth-order valence-corrected chi connectivity index (χ4v) is 2.26. The third-order valence-corrected chi connectivity index (χ3v) is 3.23. The molecule has 8 heteroatoms. The highest BCUT2D eigenvalue weighted by atomic mass is 19.4. The van der Waals surface area contributed by atoms with Crippen molar-refractivity contribution in [2.75, 3.05) is 6.61 Å². The zero-order chi connectivity index (χ0) is 15.7. The van der Waals surface area contributed by atoms with Crippen LogP contribution in [0.5, 0.6) is 0 Å². The first-order valence-electron chi connectivity index (χ1n) is 6.56. The molecule has 0 bridgehead atoms. The molecule has 0 spiro atoms. The van der Waals surface area contributed by atoms with Crippen LogP contribution in [0, 0.1) is 0 Å². The number of aryl methyl sites for hydroxylation is 1. The van der Waals surface area contributed by atoms with Gasteiger partial charge in [0.25, 0.3) is 0 Å². The number of pyridine rings is 1. The number of hydrogen-bond donors (Lipinski definition) is 1. The van der Waals surface area contributed by atoms with E-state index in [1.807, 2.05) is 0 Å². The Labute approximate surface area is 123 Å². The zero-order valence-corrected chi connectivity index (χ0v) is 11.3. The van der Waals surface area contributed by atoms with Crippen LogP contribution in [-0.4, -0.2) is 32.3 Å². The minimum atomic E-state index is -4.54. The summed E-state index contributed by atoms with van der Waals surface area (Å²) in [5.74, 6) is 3.03. The van der Waals surface area contributed by atoms with Crippen LogP contribution in [0.4, 0.5) is 19.0 Å². The van der Waals surface area contributed by atoms with Crippen LogP contribution < -0.4 is 0 Å². The number of alkyl halides is 3. The zero-order valence-electron chi connectivity index (χ0n) is 11.3. The maximum Gasteiger partial charge on any atom is 0.435 e. The minimum absolute atomic E-state index is 0.0509. The van der Waals surface area contributed by atoms with Crippen LogP contribution in [0.25, 0.3) is 11.8 Å².